The zero-order valence-electron chi connectivity index (χ0n) is 15.7. The summed E-state index contributed by atoms with van der Waals surface area (Å²) in [5, 5.41) is 12.1. The molecule has 0 aliphatic rings. The highest BCUT2D eigenvalue weighted by atomic mass is 32.2. The molecule has 0 bridgehead atoms. The molecule has 2 aromatic heterocycles. The molecule has 2 heterocycles. The third kappa shape index (κ3) is 6.01. The van der Waals surface area contributed by atoms with Crippen molar-refractivity contribution in [2.75, 3.05) is 6.29 Å². The van der Waals surface area contributed by atoms with Crippen LogP contribution in [0.5, 0.6) is 5.75 Å². The summed E-state index contributed by atoms with van der Waals surface area (Å²) in [6.07, 6.45) is -1.05. The maximum absolute atomic E-state index is 13.6. The molecule has 0 spiro atoms. The van der Waals surface area contributed by atoms with Gasteiger partial charge in [-0.1, -0.05) is 5.11 Å². The summed E-state index contributed by atoms with van der Waals surface area (Å²) >= 11 is 2.19. The molecule has 16 heteroatoms. The summed E-state index contributed by atoms with van der Waals surface area (Å²) in [6, 6.07) is 7.52. The molecular weight excluding hydrogens is 490 g/mol. The number of sulfonamides is 1. The molecule has 3 aromatic rings. The Kier molecular flexibility index (Phi) is 7.77. The topological polar surface area (TPSA) is 205 Å². The number of nitrogens with one attached hydrogen (secondary N) is 1. The molecular formula is C15H14FN6O5PS3. The molecule has 164 valence electrons. The van der Waals surface area contributed by atoms with Crippen molar-refractivity contribution in [1.82, 2.24) is 10.9 Å². The predicted molar refractivity (Wildman–Crippen MR) is 113 cm³/mol. The summed E-state index contributed by atoms with van der Waals surface area (Å²) in [5.41, 5.74) is 8.06. The number of quaternary nitrogens is 1. The normalized spacial score (nSPS) is 12.9. The highest BCUT2D eigenvalue weighted by molar-refractivity contribution is 7.92. The third-order valence-electron chi connectivity index (χ3n) is 3.54. The smallest absolute Gasteiger partial charge is 0.250 e. The van der Waals surface area contributed by atoms with Crippen molar-refractivity contribution < 1.29 is 26.8 Å². The number of azide groups is 1. The van der Waals surface area contributed by atoms with Gasteiger partial charge in [0.1, 0.15) is 21.8 Å². The van der Waals surface area contributed by atoms with Gasteiger partial charge in [-0.15, -0.1) is 22.7 Å². The van der Waals surface area contributed by atoms with Crippen molar-refractivity contribution >= 4 is 49.7 Å². The van der Waals surface area contributed by atoms with Crippen molar-refractivity contribution in [3.8, 4) is 11.8 Å². The first-order valence-electron chi connectivity index (χ1n) is 7.85. The van der Waals surface area contributed by atoms with E-state index in [0.717, 1.165) is 34.4 Å². The molecule has 0 aliphatic carbocycles. The van der Waals surface area contributed by atoms with Crippen LogP contribution in [0.3, 0.4) is 0 Å². The number of nitrogens with zero attached hydrogens (tertiary/aromatic N) is 4. The first-order valence-corrected chi connectivity index (χ1v) is 12.7. The van der Waals surface area contributed by atoms with Crippen LogP contribution in [0.2, 0.25) is 0 Å². The first-order chi connectivity index (χ1) is 14.1. The van der Waals surface area contributed by atoms with Gasteiger partial charge in [0.25, 0.3) is 10.0 Å². The molecule has 0 radical (unpaired) electrons. The lowest BCUT2D eigenvalue weighted by molar-refractivity contribution is -0.191. The van der Waals surface area contributed by atoms with E-state index >= 15 is 0 Å². The van der Waals surface area contributed by atoms with Crippen molar-refractivity contribution in [2.24, 2.45) is 5.11 Å². The van der Waals surface area contributed by atoms with E-state index in [-0.39, 0.29) is 28.2 Å². The number of nitriles is 1. The van der Waals surface area contributed by atoms with Crippen molar-refractivity contribution in [1.29, 1.82) is 5.26 Å². The van der Waals surface area contributed by atoms with Crippen molar-refractivity contribution in [3.63, 3.8) is 0 Å². The molecule has 0 amide bonds. The summed E-state index contributed by atoms with van der Waals surface area (Å²) in [5.74, 6) is -1.35. The van der Waals surface area contributed by atoms with Crippen LogP contribution >= 0.6 is 30.3 Å². The standard InChI is InChI=1S/C15H11FN5O5PS3.H3N/c16-12-3-10(2-1-9(12)6-17)26-27(22,23)8-20-30(24,25)15-5-14-13(29-15)4-11(28-14)7-19-21-18;/h1-5,20H,7-8H2,(H,22,23);1H3. The van der Waals surface area contributed by atoms with E-state index in [1.165, 1.54) is 17.4 Å². The molecule has 11 nitrogen and oxygen atoms in total. The van der Waals surface area contributed by atoms with Gasteiger partial charge < -0.3 is 15.6 Å². The van der Waals surface area contributed by atoms with Gasteiger partial charge in [-0.05, 0) is 29.8 Å². The van der Waals surface area contributed by atoms with E-state index in [2.05, 4.69) is 10.0 Å². The average molecular weight is 504 g/mol. The number of thiophene rings is 2. The van der Waals surface area contributed by atoms with E-state index in [4.69, 9.17) is 15.3 Å². The van der Waals surface area contributed by atoms with Gasteiger partial charge in [0.05, 0.1) is 18.4 Å². The minimum Gasteiger partial charge on any atom is -0.768 e. The predicted octanol–water partition coefficient (Wildman–Crippen LogP) is 4.03. The van der Waals surface area contributed by atoms with Crippen LogP contribution in [0.1, 0.15) is 10.4 Å². The fourth-order valence-corrected chi connectivity index (χ4v) is 7.50. The van der Waals surface area contributed by atoms with Gasteiger partial charge in [-0.2, -0.15) is 5.26 Å². The van der Waals surface area contributed by atoms with Crippen LogP contribution in [0.4, 0.5) is 4.39 Å². The maximum atomic E-state index is 13.6. The summed E-state index contributed by atoms with van der Waals surface area (Å²) in [7, 11) is -8.89. The molecule has 1 atom stereocenters. The summed E-state index contributed by atoms with van der Waals surface area (Å²) < 4.78 is 58.3. The van der Waals surface area contributed by atoms with Crippen molar-refractivity contribution in [2.45, 2.75) is 10.8 Å². The van der Waals surface area contributed by atoms with Gasteiger partial charge >= 0.3 is 0 Å². The molecule has 0 fully saturated rings. The first kappa shape index (κ1) is 24.7. The Labute approximate surface area is 183 Å². The van der Waals surface area contributed by atoms with Crippen molar-refractivity contribution in [3.05, 3.63) is 57.0 Å². The Morgan fingerprint density at radius 2 is 2.03 bits per heavy atom. The van der Waals surface area contributed by atoms with Gasteiger partial charge in [0, 0.05) is 25.3 Å². The second-order valence-electron chi connectivity index (χ2n) is 5.66. The number of benzene rings is 1. The Morgan fingerprint density at radius 3 is 2.65 bits per heavy atom. The van der Waals surface area contributed by atoms with E-state index < -0.39 is 29.7 Å². The lowest BCUT2D eigenvalue weighted by Crippen LogP contribution is -2.28. The molecule has 31 heavy (non-hydrogen) atoms. The average Bonchev–Trinajstić information content (AvgIpc) is 3.24. The van der Waals surface area contributed by atoms with Gasteiger partial charge in [-0.25, -0.2) is 17.5 Å². The van der Waals surface area contributed by atoms with Crippen LogP contribution in [-0.2, 0) is 21.1 Å². The Morgan fingerprint density at radius 1 is 1.32 bits per heavy atom. The summed E-state index contributed by atoms with van der Waals surface area (Å²) in [6.45, 7) is 0.148. The third-order valence-corrected chi connectivity index (χ3v) is 8.95. The lowest BCUT2D eigenvalue weighted by atomic mass is 10.2. The fourth-order valence-electron chi connectivity index (χ4n) is 2.25. The Hall–Kier alpha value is -2.53. The molecule has 1 unspecified atom stereocenters. The lowest BCUT2D eigenvalue weighted by Gasteiger charge is -2.24. The molecule has 3 rings (SSSR count). The number of hydrogen-bond donors (Lipinski definition) is 2. The van der Waals surface area contributed by atoms with Crippen LogP contribution in [0.25, 0.3) is 19.8 Å². The molecule has 1 aromatic carbocycles. The van der Waals surface area contributed by atoms with Crippen LogP contribution < -0.4 is 20.3 Å². The maximum Gasteiger partial charge on any atom is 0.250 e. The summed E-state index contributed by atoms with van der Waals surface area (Å²) in [4.78, 5) is 15.5. The number of hydrogen-bond acceptors (Lipinski definition) is 9. The van der Waals surface area contributed by atoms with Crippen LogP contribution in [0.15, 0.2) is 39.7 Å². The number of halogens is 1. The second kappa shape index (κ2) is 9.73. The van der Waals surface area contributed by atoms with E-state index in [1.54, 1.807) is 12.1 Å². The van der Waals surface area contributed by atoms with Gasteiger partial charge in [0.2, 0.25) is 0 Å². The van der Waals surface area contributed by atoms with Gasteiger partial charge in [0.15, 0.2) is 7.60 Å². The number of fused-ring (bicyclic) bond motifs is 1. The zero-order valence-corrected chi connectivity index (χ0v) is 19.0. The van der Waals surface area contributed by atoms with E-state index in [1.807, 2.05) is 4.72 Å². The Bertz CT molecular complexity index is 1330. The molecule has 0 aliphatic heterocycles. The largest absolute Gasteiger partial charge is 0.768 e. The second-order valence-corrected chi connectivity index (χ2v) is 11.6. The fraction of sp³-hybridized carbons (Fsp3) is 0.133. The zero-order chi connectivity index (χ0) is 21.9. The number of rotatable bonds is 8. The highest BCUT2D eigenvalue weighted by Crippen LogP contribution is 2.39. The molecule has 0 saturated carbocycles. The van der Waals surface area contributed by atoms with Crippen LogP contribution in [0, 0.1) is 17.1 Å². The molecule has 5 N–H and O–H groups in total. The van der Waals surface area contributed by atoms with Gasteiger partial charge in [-0.3, -0.25) is 4.57 Å². The monoisotopic (exact) mass is 504 g/mol. The highest BCUT2D eigenvalue weighted by Gasteiger charge is 2.22. The minimum absolute atomic E-state index is 0. The quantitative estimate of drug-likeness (QED) is 0.200. The van der Waals surface area contributed by atoms with Crippen LogP contribution in [-0.4, -0.2) is 14.7 Å². The Balaban J connectivity index is 0.00000341. The van der Waals surface area contributed by atoms with E-state index in [9.17, 15) is 22.3 Å². The van der Waals surface area contributed by atoms with E-state index in [0.29, 0.717) is 9.40 Å². The molecule has 0 saturated heterocycles. The SMILES string of the molecule is N#Cc1ccc(OP(=O)([O-])CNS(=O)(=O)c2cc3sc(CN=[N+]=[N-])cc3s2)cc1F.[NH4+]. The minimum atomic E-state index is -4.74.